The van der Waals surface area contributed by atoms with E-state index < -0.39 is 8.07 Å². The highest BCUT2D eigenvalue weighted by Crippen LogP contribution is 2.47. The summed E-state index contributed by atoms with van der Waals surface area (Å²) < 4.78 is 12.3. The number of carbonyl (C=O) groups is 2. The average Bonchev–Trinajstić information content (AvgIpc) is 3.70. The molecule has 8 heteroatoms. The number of ether oxygens (including phenoxy) is 2. The summed E-state index contributed by atoms with van der Waals surface area (Å²) in [5.74, 6) is 1.46. The van der Waals surface area contributed by atoms with Crippen molar-refractivity contribution >= 4 is 30.8 Å². The molecule has 3 heterocycles. The molecule has 222 valence electrons. The molecule has 5 atom stereocenters. The molecule has 0 aromatic heterocycles. The molecule has 7 nitrogen and oxygen atoms in total. The number of anilines is 1. The van der Waals surface area contributed by atoms with E-state index in [-0.39, 0.29) is 42.2 Å². The third-order valence-electron chi connectivity index (χ3n) is 9.87. The Morgan fingerprint density at radius 1 is 1.10 bits per heavy atom. The number of hydrogen-bond acceptors (Lipinski definition) is 5. The lowest BCUT2D eigenvalue weighted by Gasteiger charge is -2.36. The number of carbonyl (C=O) groups excluding carboxylic acids is 2. The number of rotatable bonds is 10. The topological polar surface area (TPSA) is 79.3 Å². The molecule has 41 heavy (non-hydrogen) atoms. The number of methoxy groups -OCH3 is 1. The molecular formula is C33H46N2O5Si. The average molecular weight is 579 g/mol. The molecule has 0 unspecified atom stereocenters. The zero-order valence-electron chi connectivity index (χ0n) is 25.1. The van der Waals surface area contributed by atoms with Gasteiger partial charge in [-0.3, -0.25) is 9.59 Å². The van der Waals surface area contributed by atoms with Crippen LogP contribution in [0.25, 0.3) is 0 Å². The number of benzene rings is 2. The summed E-state index contributed by atoms with van der Waals surface area (Å²) in [5, 5.41) is 11.2. The standard InChI is InChI=1S/C33H46N2O5Si/c1-23-29(17-12-24-8-5-9-25(20-24)34-19-7-11-31(34)37)40-30(21-32(38)35-18-6-10-26(35)22-36)33(23)41(3,4)28-15-13-27(39-2)14-16-28/h5,8-9,13-16,20,23,26,29-30,33,36H,6-7,10-12,17-19,21-22H2,1-4H3/t23-,26+,29+,30-,33+/m1/s1. The maximum atomic E-state index is 13.5. The number of nitrogens with zero attached hydrogens (tertiary/aromatic N) is 2. The molecule has 0 bridgehead atoms. The van der Waals surface area contributed by atoms with Crippen molar-refractivity contribution in [3.63, 3.8) is 0 Å². The molecule has 3 saturated heterocycles. The van der Waals surface area contributed by atoms with Crippen molar-refractivity contribution in [2.45, 2.75) is 88.8 Å². The lowest BCUT2D eigenvalue weighted by Crippen LogP contribution is -2.51. The van der Waals surface area contributed by atoms with Crippen molar-refractivity contribution < 1.29 is 24.2 Å². The number of amides is 2. The lowest BCUT2D eigenvalue weighted by molar-refractivity contribution is -0.135. The molecular weight excluding hydrogens is 532 g/mol. The fourth-order valence-corrected chi connectivity index (χ4v) is 11.7. The summed E-state index contributed by atoms with van der Waals surface area (Å²) in [7, 11) is -0.381. The van der Waals surface area contributed by atoms with Crippen LogP contribution in [0.2, 0.25) is 18.6 Å². The summed E-state index contributed by atoms with van der Waals surface area (Å²) in [5.41, 5.74) is 2.47. The van der Waals surface area contributed by atoms with E-state index in [1.807, 2.05) is 34.1 Å². The van der Waals surface area contributed by atoms with E-state index in [2.05, 4.69) is 44.3 Å². The first-order valence-corrected chi connectivity index (χ1v) is 18.4. The van der Waals surface area contributed by atoms with E-state index in [1.165, 1.54) is 10.8 Å². The van der Waals surface area contributed by atoms with Crippen molar-refractivity contribution in [1.82, 2.24) is 4.90 Å². The molecule has 1 N–H and O–H groups in total. The second-order valence-corrected chi connectivity index (χ2v) is 17.4. The lowest BCUT2D eigenvalue weighted by atomic mass is 9.95. The molecule has 3 aliphatic heterocycles. The van der Waals surface area contributed by atoms with Crippen LogP contribution in [0.15, 0.2) is 48.5 Å². The van der Waals surface area contributed by atoms with Crippen molar-refractivity contribution in [2.75, 3.05) is 31.7 Å². The van der Waals surface area contributed by atoms with Crippen LogP contribution in [0, 0.1) is 5.92 Å². The second kappa shape index (κ2) is 12.7. The van der Waals surface area contributed by atoms with E-state index >= 15 is 0 Å². The van der Waals surface area contributed by atoms with Crippen LogP contribution in [0.4, 0.5) is 5.69 Å². The number of hydrogen-bond donors (Lipinski definition) is 1. The van der Waals surface area contributed by atoms with Crippen LogP contribution < -0.4 is 14.8 Å². The Labute approximate surface area is 245 Å². The number of aryl methyl sites for hydroxylation is 1. The van der Waals surface area contributed by atoms with Gasteiger partial charge in [-0.1, -0.05) is 49.5 Å². The van der Waals surface area contributed by atoms with Crippen LogP contribution in [-0.2, 0) is 20.7 Å². The molecule has 2 aromatic carbocycles. The maximum absolute atomic E-state index is 13.5. The van der Waals surface area contributed by atoms with Gasteiger partial charge in [0.1, 0.15) is 5.75 Å². The monoisotopic (exact) mass is 578 g/mol. The second-order valence-electron chi connectivity index (χ2n) is 12.7. The highest BCUT2D eigenvalue weighted by molar-refractivity contribution is 6.91. The molecule has 3 fully saturated rings. The first-order valence-electron chi connectivity index (χ1n) is 15.3. The van der Waals surface area contributed by atoms with Crippen molar-refractivity contribution in [3.05, 3.63) is 54.1 Å². The minimum Gasteiger partial charge on any atom is -0.497 e. The Morgan fingerprint density at radius 3 is 2.56 bits per heavy atom. The van der Waals surface area contributed by atoms with Crippen molar-refractivity contribution in [3.8, 4) is 5.75 Å². The first kappa shape index (κ1) is 29.8. The highest BCUT2D eigenvalue weighted by Gasteiger charge is 2.51. The van der Waals surface area contributed by atoms with Gasteiger partial charge in [-0.2, -0.15) is 0 Å². The van der Waals surface area contributed by atoms with E-state index in [9.17, 15) is 14.7 Å². The smallest absolute Gasteiger partial charge is 0.227 e. The molecule has 5 rings (SSSR count). The number of aliphatic hydroxyl groups excluding tert-OH is 1. The van der Waals surface area contributed by atoms with Crippen LogP contribution in [0.5, 0.6) is 5.75 Å². The van der Waals surface area contributed by atoms with Gasteiger partial charge in [0.25, 0.3) is 0 Å². The minimum atomic E-state index is -2.07. The SMILES string of the molecule is COc1ccc([Si](C)(C)[C@H]2[C@H](C)[C@H](CCc3cccc(N4CCCC4=O)c3)O[C@@H]2CC(=O)N2CCC[C@H]2CO)cc1. The largest absolute Gasteiger partial charge is 0.497 e. The van der Waals surface area contributed by atoms with Crippen LogP contribution in [0.1, 0.15) is 51.0 Å². The first-order chi connectivity index (χ1) is 19.7. The van der Waals surface area contributed by atoms with Crippen LogP contribution in [-0.4, -0.2) is 75.0 Å². The van der Waals surface area contributed by atoms with E-state index in [1.54, 1.807) is 7.11 Å². The minimum absolute atomic E-state index is 0.0217. The predicted molar refractivity (Wildman–Crippen MR) is 164 cm³/mol. The van der Waals surface area contributed by atoms with E-state index in [0.717, 1.165) is 56.6 Å². The zero-order valence-corrected chi connectivity index (χ0v) is 26.1. The van der Waals surface area contributed by atoms with E-state index in [0.29, 0.717) is 18.8 Å². The predicted octanol–water partition coefficient (Wildman–Crippen LogP) is 4.52. The quantitative estimate of drug-likeness (QED) is 0.420. The van der Waals surface area contributed by atoms with Gasteiger partial charge in [0, 0.05) is 25.2 Å². The number of aliphatic hydroxyl groups is 1. The van der Waals surface area contributed by atoms with Gasteiger partial charge in [0.15, 0.2) is 0 Å². The van der Waals surface area contributed by atoms with Crippen molar-refractivity contribution in [1.29, 1.82) is 0 Å². The third kappa shape index (κ3) is 6.25. The van der Waals surface area contributed by atoms with Gasteiger partial charge in [-0.15, -0.1) is 0 Å². The molecule has 0 spiro atoms. The third-order valence-corrected chi connectivity index (χ3v) is 14.3. The van der Waals surface area contributed by atoms with Crippen LogP contribution >= 0.6 is 0 Å². The fraction of sp³-hybridized carbons (Fsp3) is 0.576. The van der Waals surface area contributed by atoms with Crippen molar-refractivity contribution in [2.24, 2.45) is 5.92 Å². The highest BCUT2D eigenvalue weighted by atomic mass is 28.3. The molecule has 2 aromatic rings. The van der Waals surface area contributed by atoms with Gasteiger partial charge in [0.05, 0.1) is 46.5 Å². The fourth-order valence-electron chi connectivity index (χ4n) is 7.60. The van der Waals surface area contributed by atoms with E-state index in [4.69, 9.17) is 9.47 Å². The van der Waals surface area contributed by atoms with Gasteiger partial charge in [-0.25, -0.2) is 0 Å². The Bertz CT molecular complexity index is 1220. The zero-order chi connectivity index (χ0) is 29.1. The summed E-state index contributed by atoms with van der Waals surface area (Å²) in [4.78, 5) is 29.6. The maximum Gasteiger partial charge on any atom is 0.227 e. The normalized spacial score (nSPS) is 26.7. The number of likely N-dealkylation sites (tertiary alicyclic amines) is 1. The summed E-state index contributed by atoms with van der Waals surface area (Å²) in [6, 6.07) is 16.8. The molecule has 3 aliphatic rings. The Kier molecular flexibility index (Phi) is 9.21. The Balaban J connectivity index is 1.35. The van der Waals surface area contributed by atoms with Gasteiger partial charge in [-0.05, 0) is 73.4 Å². The molecule has 2 amide bonds. The Morgan fingerprint density at radius 2 is 1.88 bits per heavy atom. The Hall–Kier alpha value is -2.68. The van der Waals surface area contributed by atoms with Crippen LogP contribution in [0.3, 0.4) is 0 Å². The molecule has 0 aliphatic carbocycles. The summed E-state index contributed by atoms with van der Waals surface area (Å²) >= 11 is 0. The summed E-state index contributed by atoms with van der Waals surface area (Å²) in [6.07, 6.45) is 5.35. The molecule has 0 radical (unpaired) electrons. The van der Waals surface area contributed by atoms with Gasteiger partial charge >= 0.3 is 0 Å². The molecule has 0 saturated carbocycles. The van der Waals surface area contributed by atoms with Gasteiger partial charge < -0.3 is 24.4 Å². The summed E-state index contributed by atoms with van der Waals surface area (Å²) in [6.45, 7) is 8.65. The van der Waals surface area contributed by atoms with Gasteiger partial charge in [0.2, 0.25) is 11.8 Å².